The number of halogens is 4. The monoisotopic (exact) mass is 640 g/mol. The van der Waals surface area contributed by atoms with Crippen molar-refractivity contribution in [1.29, 1.82) is 5.26 Å². The number of ether oxygens (including phenoxy) is 1. The highest BCUT2D eigenvalue weighted by molar-refractivity contribution is 6.07. The third-order valence-corrected chi connectivity index (χ3v) is 8.46. The van der Waals surface area contributed by atoms with Crippen LogP contribution in [0, 0.1) is 17.1 Å². The van der Waals surface area contributed by atoms with Crippen LogP contribution in [0.1, 0.15) is 76.2 Å². The summed E-state index contributed by atoms with van der Waals surface area (Å²) >= 11 is 0. The first kappa shape index (κ1) is 32.6. The summed E-state index contributed by atoms with van der Waals surface area (Å²) in [6, 6.07) is 8.50. The Balaban J connectivity index is 1.72. The molecule has 46 heavy (non-hydrogen) atoms. The van der Waals surface area contributed by atoms with E-state index in [0.29, 0.717) is 43.5 Å². The number of amides is 3. The molecule has 1 N–H and O–H groups in total. The van der Waals surface area contributed by atoms with Crippen LogP contribution in [0.25, 0.3) is 0 Å². The first-order valence-corrected chi connectivity index (χ1v) is 14.8. The summed E-state index contributed by atoms with van der Waals surface area (Å²) in [6.45, 7) is 4.19. The fourth-order valence-electron chi connectivity index (χ4n) is 5.89. The molecule has 1 fully saturated rings. The maximum absolute atomic E-state index is 14.3. The second kappa shape index (κ2) is 12.9. The van der Waals surface area contributed by atoms with Crippen molar-refractivity contribution in [2.75, 3.05) is 31.7 Å². The Morgan fingerprint density at radius 2 is 1.85 bits per heavy atom. The maximum atomic E-state index is 14.3. The molecule has 0 spiro atoms. The standard InChI is InChI=1S/C32H32F4N6O4/c1-4-41-29-25(27(30(44)40(3)18(2)17-37)39-42(29)23-12-14-46-15-13-23)24(19-8-10-22(33)11-9-19)26(31(41)45)38-28(43)20-6-5-7-21(16-20)32(34,35)36/h5-11,16,18,23-24,26H,4,12-15H2,1-3H3,(H,38,43)/t18?,24?,26-/m0/s1. The second-order valence-corrected chi connectivity index (χ2v) is 11.2. The van der Waals surface area contributed by atoms with Crippen LogP contribution >= 0.6 is 0 Å². The average molecular weight is 641 g/mol. The van der Waals surface area contributed by atoms with Gasteiger partial charge in [0.05, 0.1) is 17.7 Å². The van der Waals surface area contributed by atoms with Gasteiger partial charge in [-0.05, 0) is 62.6 Å². The molecule has 5 rings (SSSR count). The van der Waals surface area contributed by atoms with E-state index in [2.05, 4.69) is 5.32 Å². The summed E-state index contributed by atoms with van der Waals surface area (Å²) < 4.78 is 61.7. The summed E-state index contributed by atoms with van der Waals surface area (Å²) in [5.74, 6) is -3.50. The van der Waals surface area contributed by atoms with Crippen LogP contribution in [-0.4, -0.2) is 71.3 Å². The van der Waals surface area contributed by atoms with Gasteiger partial charge in [-0.25, -0.2) is 9.07 Å². The van der Waals surface area contributed by atoms with Gasteiger partial charge in [-0.3, -0.25) is 19.3 Å². The Hall–Kier alpha value is -4.77. The van der Waals surface area contributed by atoms with E-state index in [9.17, 15) is 37.2 Å². The molecule has 3 atom stereocenters. The first-order chi connectivity index (χ1) is 21.9. The molecule has 1 aromatic heterocycles. The van der Waals surface area contributed by atoms with Gasteiger partial charge in [0.2, 0.25) is 0 Å². The highest BCUT2D eigenvalue weighted by Gasteiger charge is 2.48. The molecular weight excluding hydrogens is 608 g/mol. The van der Waals surface area contributed by atoms with Crippen LogP contribution in [0.4, 0.5) is 23.4 Å². The minimum absolute atomic E-state index is 0.0651. The Morgan fingerprint density at radius 3 is 2.46 bits per heavy atom. The van der Waals surface area contributed by atoms with Gasteiger partial charge in [-0.15, -0.1) is 0 Å². The number of alkyl halides is 3. The molecule has 2 unspecified atom stereocenters. The van der Waals surface area contributed by atoms with Crippen LogP contribution in [0.5, 0.6) is 0 Å². The number of likely N-dealkylation sites (N-methyl/N-ethyl adjacent to an activating group) is 1. The maximum Gasteiger partial charge on any atom is 0.416 e. The number of rotatable bonds is 7. The fourth-order valence-corrected chi connectivity index (χ4v) is 5.89. The zero-order valence-electron chi connectivity index (χ0n) is 25.3. The molecule has 1 saturated heterocycles. The van der Waals surface area contributed by atoms with Gasteiger partial charge in [0.1, 0.15) is 23.7 Å². The summed E-state index contributed by atoms with van der Waals surface area (Å²) in [5, 5.41) is 16.9. The van der Waals surface area contributed by atoms with Crippen LogP contribution in [0.2, 0.25) is 0 Å². The predicted octanol–water partition coefficient (Wildman–Crippen LogP) is 4.67. The predicted molar refractivity (Wildman–Crippen MR) is 157 cm³/mol. The Bertz CT molecular complexity index is 1680. The topological polar surface area (TPSA) is 121 Å². The zero-order valence-corrected chi connectivity index (χ0v) is 25.3. The molecule has 3 aromatic rings. The molecule has 3 amide bonds. The van der Waals surface area contributed by atoms with E-state index in [1.165, 1.54) is 54.1 Å². The van der Waals surface area contributed by atoms with Crippen molar-refractivity contribution in [3.05, 3.63) is 82.3 Å². The lowest BCUT2D eigenvalue weighted by atomic mass is 9.80. The molecule has 242 valence electrons. The third-order valence-electron chi connectivity index (χ3n) is 8.46. The average Bonchev–Trinajstić information content (AvgIpc) is 3.44. The van der Waals surface area contributed by atoms with Gasteiger partial charge in [-0.1, -0.05) is 18.2 Å². The number of hydrogen-bond donors (Lipinski definition) is 1. The van der Waals surface area contributed by atoms with Crippen molar-refractivity contribution < 1.29 is 36.7 Å². The lowest BCUT2D eigenvalue weighted by molar-refractivity contribution is -0.137. The number of carbonyl (C=O) groups excluding carboxylic acids is 3. The van der Waals surface area contributed by atoms with Crippen molar-refractivity contribution in [3.8, 4) is 6.07 Å². The summed E-state index contributed by atoms with van der Waals surface area (Å²) in [5.41, 5.74) is -0.799. The van der Waals surface area contributed by atoms with E-state index >= 15 is 0 Å². The summed E-state index contributed by atoms with van der Waals surface area (Å²) in [7, 11) is 1.45. The van der Waals surface area contributed by atoms with Crippen molar-refractivity contribution in [2.45, 2.75) is 56.9 Å². The molecule has 0 bridgehead atoms. The molecular formula is C32H32F4N6O4. The molecule has 0 aliphatic carbocycles. The largest absolute Gasteiger partial charge is 0.416 e. The lowest BCUT2D eigenvalue weighted by Gasteiger charge is -2.39. The number of benzene rings is 2. The van der Waals surface area contributed by atoms with Gasteiger partial charge in [0.25, 0.3) is 17.7 Å². The van der Waals surface area contributed by atoms with Gasteiger partial charge in [-0.2, -0.15) is 23.5 Å². The number of anilines is 1. The number of nitrogens with zero attached hydrogens (tertiary/aromatic N) is 5. The normalized spacial score (nSPS) is 19.3. The van der Waals surface area contributed by atoms with Crippen molar-refractivity contribution in [1.82, 2.24) is 20.0 Å². The van der Waals surface area contributed by atoms with E-state index in [4.69, 9.17) is 9.84 Å². The molecule has 0 saturated carbocycles. The molecule has 2 aromatic carbocycles. The van der Waals surface area contributed by atoms with E-state index in [1.54, 1.807) is 11.6 Å². The fraction of sp³-hybridized carbons (Fsp3) is 0.406. The van der Waals surface area contributed by atoms with E-state index < -0.39 is 53.3 Å². The van der Waals surface area contributed by atoms with Gasteiger partial charge in [0.15, 0.2) is 5.69 Å². The molecule has 10 nitrogen and oxygen atoms in total. The van der Waals surface area contributed by atoms with E-state index in [1.807, 2.05) is 6.07 Å². The molecule has 2 aliphatic heterocycles. The molecule has 2 aliphatic rings. The van der Waals surface area contributed by atoms with E-state index in [0.717, 1.165) is 12.1 Å². The van der Waals surface area contributed by atoms with Crippen LogP contribution in [-0.2, 0) is 15.7 Å². The number of nitriles is 1. The zero-order chi connectivity index (χ0) is 33.3. The van der Waals surface area contributed by atoms with E-state index in [-0.39, 0.29) is 29.4 Å². The Morgan fingerprint density at radius 1 is 1.17 bits per heavy atom. The lowest BCUT2D eigenvalue weighted by Crippen LogP contribution is -2.56. The molecule has 0 radical (unpaired) electrons. The summed E-state index contributed by atoms with van der Waals surface area (Å²) in [4.78, 5) is 44.5. The molecule has 14 heteroatoms. The van der Waals surface area contributed by atoms with Gasteiger partial charge < -0.3 is 15.0 Å². The number of aromatic nitrogens is 2. The van der Waals surface area contributed by atoms with Crippen LogP contribution < -0.4 is 10.2 Å². The highest BCUT2D eigenvalue weighted by Crippen LogP contribution is 2.45. The minimum atomic E-state index is -4.71. The number of fused-ring (bicyclic) bond motifs is 1. The SMILES string of the molecule is CCN1C(=O)[C@@H](NC(=O)c2cccc(C(F)(F)F)c2)C(c2ccc(F)cc2)c2c(C(=O)N(C)C(C)C#N)nn(C3CCOCC3)c21. The van der Waals surface area contributed by atoms with Crippen molar-refractivity contribution in [2.24, 2.45) is 0 Å². The summed E-state index contributed by atoms with van der Waals surface area (Å²) in [6.07, 6.45) is -3.63. The van der Waals surface area contributed by atoms with Crippen LogP contribution in [0.3, 0.4) is 0 Å². The van der Waals surface area contributed by atoms with Gasteiger partial charge in [0, 0.05) is 43.9 Å². The number of nitrogens with one attached hydrogen (secondary N) is 1. The quantitative estimate of drug-likeness (QED) is 0.375. The second-order valence-electron chi connectivity index (χ2n) is 11.2. The smallest absolute Gasteiger partial charge is 0.381 e. The van der Waals surface area contributed by atoms with Crippen LogP contribution in [0.15, 0.2) is 48.5 Å². The molecule has 3 heterocycles. The van der Waals surface area contributed by atoms with Crippen molar-refractivity contribution in [3.63, 3.8) is 0 Å². The van der Waals surface area contributed by atoms with Gasteiger partial charge >= 0.3 is 6.18 Å². The Kier molecular flexibility index (Phi) is 9.16. The van der Waals surface area contributed by atoms with Crippen molar-refractivity contribution >= 4 is 23.5 Å². The number of carbonyl (C=O) groups is 3. The third kappa shape index (κ3) is 6.06. The minimum Gasteiger partial charge on any atom is -0.381 e. The highest BCUT2D eigenvalue weighted by atomic mass is 19.4. The first-order valence-electron chi connectivity index (χ1n) is 14.8. The Labute approximate surface area is 262 Å². The number of hydrogen-bond acceptors (Lipinski definition) is 6.